The van der Waals surface area contributed by atoms with Crippen LogP contribution in [0.5, 0.6) is 0 Å². The summed E-state index contributed by atoms with van der Waals surface area (Å²) in [6.07, 6.45) is 0. The minimum absolute atomic E-state index is 0.192. The largest absolute Gasteiger partial charge is 0.316 e. The molecule has 0 saturated carbocycles. The molecule has 0 heterocycles. The number of benzene rings is 2. The second kappa shape index (κ2) is 5.23. The summed E-state index contributed by atoms with van der Waals surface area (Å²) in [7, 11) is 1.71. The Morgan fingerprint density at radius 1 is 1.00 bits per heavy atom. The van der Waals surface area contributed by atoms with Gasteiger partial charge in [0.15, 0.2) is 0 Å². The van der Waals surface area contributed by atoms with Crippen molar-refractivity contribution in [2.24, 2.45) is 0 Å². The Bertz CT molecular complexity index is 547. The summed E-state index contributed by atoms with van der Waals surface area (Å²) in [6, 6.07) is 7.54. The highest BCUT2D eigenvalue weighted by molar-refractivity contribution is 5.68. The molecule has 0 aromatic heterocycles. The lowest BCUT2D eigenvalue weighted by Crippen LogP contribution is -2.07. The molecule has 2 rings (SSSR count). The zero-order chi connectivity index (χ0) is 13.1. The van der Waals surface area contributed by atoms with E-state index in [1.165, 1.54) is 18.2 Å². The maximum atomic E-state index is 13.7. The smallest absolute Gasteiger partial charge is 0.133 e. The molecule has 0 spiro atoms. The molecule has 1 N–H and O–H groups in total. The third-order valence-corrected chi connectivity index (χ3v) is 2.67. The van der Waals surface area contributed by atoms with Gasteiger partial charge in [0.2, 0.25) is 0 Å². The topological polar surface area (TPSA) is 12.0 Å². The van der Waals surface area contributed by atoms with Crippen molar-refractivity contribution >= 4 is 0 Å². The first-order valence-corrected chi connectivity index (χ1v) is 5.51. The first kappa shape index (κ1) is 12.6. The van der Waals surface area contributed by atoms with Crippen LogP contribution in [0.3, 0.4) is 0 Å². The van der Waals surface area contributed by atoms with E-state index in [0.29, 0.717) is 12.1 Å². The van der Waals surface area contributed by atoms with Crippen LogP contribution >= 0.6 is 0 Å². The minimum Gasteiger partial charge on any atom is -0.316 e. The molecule has 2 aromatic carbocycles. The lowest BCUT2D eigenvalue weighted by molar-refractivity contribution is 0.588. The van der Waals surface area contributed by atoms with E-state index < -0.39 is 17.5 Å². The Morgan fingerprint density at radius 2 is 1.67 bits per heavy atom. The highest BCUT2D eigenvalue weighted by atomic mass is 19.1. The average molecular weight is 251 g/mol. The molecule has 2 aromatic rings. The molecule has 1 nitrogen and oxygen atoms in total. The summed E-state index contributed by atoms with van der Waals surface area (Å²) >= 11 is 0. The Labute approximate surface area is 103 Å². The third kappa shape index (κ3) is 2.38. The van der Waals surface area contributed by atoms with Crippen molar-refractivity contribution in [2.45, 2.75) is 6.54 Å². The highest BCUT2D eigenvalue weighted by Gasteiger charge is 2.15. The predicted molar refractivity (Wildman–Crippen MR) is 64.5 cm³/mol. The van der Waals surface area contributed by atoms with Gasteiger partial charge in [-0.3, -0.25) is 0 Å². The molecule has 0 aliphatic carbocycles. The van der Waals surface area contributed by atoms with Crippen molar-refractivity contribution in [2.75, 3.05) is 7.05 Å². The summed E-state index contributed by atoms with van der Waals surface area (Å²) in [6.45, 7) is 0.406. The monoisotopic (exact) mass is 251 g/mol. The van der Waals surface area contributed by atoms with Crippen molar-refractivity contribution in [3.63, 3.8) is 0 Å². The van der Waals surface area contributed by atoms with Crippen LogP contribution in [0.15, 0.2) is 36.4 Å². The molecule has 18 heavy (non-hydrogen) atoms. The molecule has 0 unspecified atom stereocenters. The maximum Gasteiger partial charge on any atom is 0.133 e. The van der Waals surface area contributed by atoms with Gasteiger partial charge in [-0.25, -0.2) is 13.2 Å². The number of rotatable bonds is 3. The third-order valence-electron chi connectivity index (χ3n) is 2.67. The van der Waals surface area contributed by atoms with Gasteiger partial charge in [0.25, 0.3) is 0 Å². The molecule has 0 aliphatic heterocycles. The fourth-order valence-corrected chi connectivity index (χ4v) is 1.88. The van der Waals surface area contributed by atoms with Gasteiger partial charge in [-0.15, -0.1) is 0 Å². The van der Waals surface area contributed by atoms with E-state index in [9.17, 15) is 13.2 Å². The number of hydrogen-bond acceptors (Lipinski definition) is 1. The first-order valence-electron chi connectivity index (χ1n) is 5.51. The van der Waals surface area contributed by atoms with E-state index in [1.807, 2.05) is 0 Å². The van der Waals surface area contributed by atoms with Crippen LogP contribution in [0.2, 0.25) is 0 Å². The number of hydrogen-bond donors (Lipinski definition) is 1. The Morgan fingerprint density at radius 3 is 2.28 bits per heavy atom. The van der Waals surface area contributed by atoms with E-state index in [-0.39, 0.29) is 11.1 Å². The lowest BCUT2D eigenvalue weighted by atomic mass is 9.98. The van der Waals surface area contributed by atoms with E-state index in [2.05, 4.69) is 5.32 Å². The second-order valence-electron chi connectivity index (χ2n) is 3.93. The normalized spacial score (nSPS) is 10.7. The van der Waals surface area contributed by atoms with Crippen LogP contribution in [-0.4, -0.2) is 7.05 Å². The molecule has 0 fully saturated rings. The summed E-state index contributed by atoms with van der Waals surface area (Å²) < 4.78 is 40.7. The molecule has 0 saturated heterocycles. The van der Waals surface area contributed by atoms with Gasteiger partial charge in [0.05, 0.1) is 5.56 Å². The van der Waals surface area contributed by atoms with Crippen molar-refractivity contribution in [3.05, 3.63) is 59.4 Å². The van der Waals surface area contributed by atoms with Crippen LogP contribution in [0, 0.1) is 17.5 Å². The summed E-state index contributed by atoms with van der Waals surface area (Å²) in [5, 5.41) is 2.89. The van der Waals surface area contributed by atoms with E-state index in [1.54, 1.807) is 7.05 Å². The maximum absolute atomic E-state index is 13.7. The van der Waals surface area contributed by atoms with Crippen LogP contribution in [0.25, 0.3) is 11.1 Å². The van der Waals surface area contributed by atoms with E-state index >= 15 is 0 Å². The second-order valence-corrected chi connectivity index (χ2v) is 3.93. The SMILES string of the molecule is CNCc1ccc(F)cc1-c1c(F)cccc1F. The summed E-state index contributed by atoms with van der Waals surface area (Å²) in [5.74, 6) is -1.91. The molecule has 94 valence electrons. The van der Waals surface area contributed by atoms with Gasteiger partial charge in [-0.1, -0.05) is 12.1 Å². The minimum atomic E-state index is -0.696. The fourth-order valence-electron chi connectivity index (χ4n) is 1.88. The van der Waals surface area contributed by atoms with Gasteiger partial charge in [-0.2, -0.15) is 0 Å². The van der Waals surface area contributed by atoms with Gasteiger partial charge < -0.3 is 5.32 Å². The van der Waals surface area contributed by atoms with E-state index in [0.717, 1.165) is 18.2 Å². The Kier molecular flexibility index (Phi) is 3.67. The highest BCUT2D eigenvalue weighted by Crippen LogP contribution is 2.29. The molecular formula is C14H12F3N. The van der Waals surface area contributed by atoms with Crippen LogP contribution < -0.4 is 5.32 Å². The van der Waals surface area contributed by atoms with Crippen molar-refractivity contribution in [1.29, 1.82) is 0 Å². The van der Waals surface area contributed by atoms with Gasteiger partial charge in [-0.05, 0) is 42.4 Å². The van der Waals surface area contributed by atoms with Crippen molar-refractivity contribution in [3.8, 4) is 11.1 Å². The number of halogens is 3. The molecular weight excluding hydrogens is 239 g/mol. The summed E-state index contributed by atoms with van der Waals surface area (Å²) in [4.78, 5) is 0. The zero-order valence-electron chi connectivity index (χ0n) is 9.81. The lowest BCUT2D eigenvalue weighted by Gasteiger charge is -2.11. The molecule has 4 heteroatoms. The number of nitrogens with one attached hydrogen (secondary N) is 1. The molecule has 0 bridgehead atoms. The van der Waals surface area contributed by atoms with Gasteiger partial charge >= 0.3 is 0 Å². The van der Waals surface area contributed by atoms with Crippen LogP contribution in [0.1, 0.15) is 5.56 Å². The van der Waals surface area contributed by atoms with Crippen molar-refractivity contribution in [1.82, 2.24) is 5.32 Å². The summed E-state index contributed by atoms with van der Waals surface area (Å²) in [5.41, 5.74) is 0.685. The zero-order valence-corrected chi connectivity index (χ0v) is 9.81. The molecule has 0 atom stereocenters. The van der Waals surface area contributed by atoms with Gasteiger partial charge in [0.1, 0.15) is 17.5 Å². The van der Waals surface area contributed by atoms with Crippen LogP contribution in [-0.2, 0) is 6.54 Å². The Hall–Kier alpha value is -1.81. The molecule has 0 radical (unpaired) electrons. The predicted octanol–water partition coefficient (Wildman–Crippen LogP) is 3.49. The fraction of sp³-hybridized carbons (Fsp3) is 0.143. The van der Waals surface area contributed by atoms with E-state index in [4.69, 9.17) is 0 Å². The van der Waals surface area contributed by atoms with Crippen molar-refractivity contribution < 1.29 is 13.2 Å². The molecule has 0 aliphatic rings. The first-order chi connectivity index (χ1) is 8.63. The Balaban J connectivity index is 2.65. The molecule has 0 amide bonds. The average Bonchev–Trinajstić information content (AvgIpc) is 2.32. The standard InChI is InChI=1S/C14H12F3N/c1-18-8-9-5-6-10(15)7-11(9)14-12(16)3-2-4-13(14)17/h2-7,18H,8H2,1H3. The van der Waals surface area contributed by atoms with Crippen LogP contribution in [0.4, 0.5) is 13.2 Å². The quantitative estimate of drug-likeness (QED) is 0.880. The van der Waals surface area contributed by atoms with Gasteiger partial charge in [0, 0.05) is 6.54 Å².